The van der Waals surface area contributed by atoms with Crippen LogP contribution in [0.25, 0.3) is 0 Å². The number of ether oxygens (including phenoxy) is 1. The van der Waals surface area contributed by atoms with Gasteiger partial charge in [0.05, 0.1) is 26.0 Å². The SMILES string of the molecule is Cc1cccc(CN=Nc2ncc(F)c(N3CCOCC3)n2)c1. The first kappa shape index (κ1) is 15.5. The summed E-state index contributed by atoms with van der Waals surface area (Å²) >= 11 is 0. The summed E-state index contributed by atoms with van der Waals surface area (Å²) in [5, 5.41) is 8.11. The zero-order chi connectivity index (χ0) is 16.1. The summed E-state index contributed by atoms with van der Waals surface area (Å²) in [5.74, 6) is -0.0297. The second kappa shape index (κ2) is 7.23. The summed E-state index contributed by atoms with van der Waals surface area (Å²) in [7, 11) is 0. The van der Waals surface area contributed by atoms with Crippen LogP contribution in [0.4, 0.5) is 16.2 Å². The Morgan fingerprint density at radius 3 is 2.91 bits per heavy atom. The quantitative estimate of drug-likeness (QED) is 0.814. The molecule has 3 rings (SSSR count). The van der Waals surface area contributed by atoms with Crippen LogP contribution in [0.5, 0.6) is 0 Å². The molecule has 1 aromatic carbocycles. The van der Waals surface area contributed by atoms with Crippen LogP contribution in [-0.4, -0.2) is 36.3 Å². The predicted molar refractivity (Wildman–Crippen MR) is 84.4 cm³/mol. The summed E-state index contributed by atoms with van der Waals surface area (Å²) in [5.41, 5.74) is 2.23. The van der Waals surface area contributed by atoms with E-state index < -0.39 is 5.82 Å². The Morgan fingerprint density at radius 1 is 1.30 bits per heavy atom. The van der Waals surface area contributed by atoms with E-state index in [-0.39, 0.29) is 11.8 Å². The van der Waals surface area contributed by atoms with E-state index in [2.05, 4.69) is 20.2 Å². The minimum atomic E-state index is -0.454. The van der Waals surface area contributed by atoms with Crippen molar-refractivity contribution in [2.24, 2.45) is 10.2 Å². The van der Waals surface area contributed by atoms with E-state index >= 15 is 0 Å². The van der Waals surface area contributed by atoms with Crippen LogP contribution in [0.1, 0.15) is 11.1 Å². The lowest BCUT2D eigenvalue weighted by atomic mass is 10.1. The van der Waals surface area contributed by atoms with Crippen molar-refractivity contribution in [3.8, 4) is 0 Å². The molecule has 0 amide bonds. The van der Waals surface area contributed by atoms with E-state index in [1.807, 2.05) is 36.1 Å². The normalized spacial score (nSPS) is 15.3. The van der Waals surface area contributed by atoms with Crippen LogP contribution in [-0.2, 0) is 11.3 Å². The molecule has 1 fully saturated rings. The van der Waals surface area contributed by atoms with Crippen molar-refractivity contribution in [2.75, 3.05) is 31.2 Å². The molecule has 0 saturated carbocycles. The molecule has 1 aliphatic rings. The average Bonchev–Trinajstić information content (AvgIpc) is 2.57. The van der Waals surface area contributed by atoms with Crippen LogP contribution < -0.4 is 4.90 Å². The molecule has 23 heavy (non-hydrogen) atoms. The van der Waals surface area contributed by atoms with E-state index in [1.54, 1.807) is 0 Å². The molecule has 6 nitrogen and oxygen atoms in total. The number of nitrogens with zero attached hydrogens (tertiary/aromatic N) is 5. The van der Waals surface area contributed by atoms with Gasteiger partial charge in [-0.1, -0.05) is 29.8 Å². The highest BCUT2D eigenvalue weighted by Crippen LogP contribution is 2.20. The Labute approximate surface area is 134 Å². The van der Waals surface area contributed by atoms with Crippen molar-refractivity contribution >= 4 is 11.8 Å². The summed E-state index contributed by atoms with van der Waals surface area (Å²) in [6.07, 6.45) is 1.14. The molecule has 0 N–H and O–H groups in total. The highest BCUT2D eigenvalue weighted by Gasteiger charge is 2.17. The molecule has 2 heterocycles. The molecular weight excluding hydrogens is 297 g/mol. The van der Waals surface area contributed by atoms with Crippen molar-refractivity contribution in [3.05, 3.63) is 47.4 Å². The van der Waals surface area contributed by atoms with E-state index in [4.69, 9.17) is 4.74 Å². The van der Waals surface area contributed by atoms with Gasteiger partial charge in [0, 0.05) is 13.1 Å². The second-order valence-electron chi connectivity index (χ2n) is 5.33. The lowest BCUT2D eigenvalue weighted by Gasteiger charge is -2.27. The van der Waals surface area contributed by atoms with Crippen LogP contribution in [0.2, 0.25) is 0 Å². The number of aromatic nitrogens is 2. The Hall–Kier alpha value is -2.41. The van der Waals surface area contributed by atoms with Gasteiger partial charge in [0.1, 0.15) is 0 Å². The molecule has 2 aromatic rings. The molecule has 120 valence electrons. The van der Waals surface area contributed by atoms with Gasteiger partial charge in [-0.25, -0.2) is 9.37 Å². The van der Waals surface area contributed by atoms with E-state index in [0.717, 1.165) is 11.8 Å². The number of rotatable bonds is 4. The largest absolute Gasteiger partial charge is 0.378 e. The Morgan fingerprint density at radius 2 is 2.13 bits per heavy atom. The average molecular weight is 315 g/mol. The summed E-state index contributed by atoms with van der Waals surface area (Å²) in [4.78, 5) is 9.88. The first-order valence-corrected chi connectivity index (χ1v) is 7.50. The highest BCUT2D eigenvalue weighted by molar-refractivity contribution is 5.42. The fourth-order valence-corrected chi connectivity index (χ4v) is 2.38. The minimum absolute atomic E-state index is 0.167. The zero-order valence-electron chi connectivity index (χ0n) is 12.9. The lowest BCUT2D eigenvalue weighted by Crippen LogP contribution is -2.37. The molecule has 0 unspecified atom stereocenters. The fraction of sp³-hybridized carbons (Fsp3) is 0.375. The van der Waals surface area contributed by atoms with E-state index in [0.29, 0.717) is 32.8 Å². The van der Waals surface area contributed by atoms with Crippen molar-refractivity contribution < 1.29 is 9.13 Å². The van der Waals surface area contributed by atoms with Crippen molar-refractivity contribution in [3.63, 3.8) is 0 Å². The third kappa shape index (κ3) is 4.07. The van der Waals surface area contributed by atoms with Crippen molar-refractivity contribution in [1.29, 1.82) is 0 Å². The van der Waals surface area contributed by atoms with Gasteiger partial charge in [-0.3, -0.25) is 0 Å². The molecule has 0 spiro atoms. The van der Waals surface area contributed by atoms with Crippen LogP contribution in [0.3, 0.4) is 0 Å². The van der Waals surface area contributed by atoms with Crippen LogP contribution >= 0.6 is 0 Å². The molecule has 7 heteroatoms. The molecule has 1 aliphatic heterocycles. The van der Waals surface area contributed by atoms with Gasteiger partial charge in [0.25, 0.3) is 5.95 Å². The van der Waals surface area contributed by atoms with Crippen molar-refractivity contribution in [1.82, 2.24) is 9.97 Å². The minimum Gasteiger partial charge on any atom is -0.378 e. The lowest BCUT2D eigenvalue weighted by molar-refractivity contribution is 0.122. The Bertz CT molecular complexity index is 701. The molecule has 0 aliphatic carbocycles. The van der Waals surface area contributed by atoms with Crippen LogP contribution in [0.15, 0.2) is 40.7 Å². The Kier molecular flexibility index (Phi) is 4.87. The first-order valence-electron chi connectivity index (χ1n) is 7.50. The van der Waals surface area contributed by atoms with Gasteiger partial charge < -0.3 is 9.64 Å². The number of halogens is 1. The predicted octanol–water partition coefficient (Wildman–Crippen LogP) is 3.04. The second-order valence-corrected chi connectivity index (χ2v) is 5.33. The topological polar surface area (TPSA) is 63.0 Å². The van der Waals surface area contributed by atoms with Crippen LogP contribution in [0, 0.1) is 12.7 Å². The molecule has 1 saturated heterocycles. The number of morpholine rings is 1. The third-order valence-corrected chi connectivity index (χ3v) is 3.52. The number of benzene rings is 1. The van der Waals surface area contributed by atoms with Gasteiger partial charge in [0.15, 0.2) is 11.6 Å². The molecular formula is C16H18FN5O. The molecule has 0 atom stereocenters. The summed E-state index contributed by atoms with van der Waals surface area (Å²) < 4.78 is 19.2. The fourth-order valence-electron chi connectivity index (χ4n) is 2.38. The number of hydrogen-bond donors (Lipinski definition) is 0. The first-order chi connectivity index (χ1) is 11.2. The van der Waals surface area contributed by atoms with Gasteiger partial charge in [-0.05, 0) is 12.5 Å². The molecule has 0 radical (unpaired) electrons. The molecule has 0 bridgehead atoms. The van der Waals surface area contributed by atoms with Gasteiger partial charge in [0.2, 0.25) is 0 Å². The maximum atomic E-state index is 13.9. The smallest absolute Gasteiger partial charge is 0.270 e. The van der Waals surface area contributed by atoms with E-state index in [1.165, 1.54) is 5.56 Å². The standard InChI is InChI=1S/C16H18FN5O/c1-12-3-2-4-13(9-12)10-19-21-16-18-11-14(17)15(20-16)22-5-7-23-8-6-22/h2-4,9,11H,5-8,10H2,1H3. The number of anilines is 1. The highest BCUT2D eigenvalue weighted by atomic mass is 19.1. The van der Waals surface area contributed by atoms with Gasteiger partial charge in [-0.15, -0.1) is 5.11 Å². The Balaban J connectivity index is 1.71. The number of hydrogen-bond acceptors (Lipinski definition) is 6. The third-order valence-electron chi connectivity index (χ3n) is 3.52. The maximum absolute atomic E-state index is 13.9. The van der Waals surface area contributed by atoms with Gasteiger partial charge in [-0.2, -0.15) is 10.1 Å². The monoisotopic (exact) mass is 315 g/mol. The number of azo groups is 1. The van der Waals surface area contributed by atoms with Gasteiger partial charge >= 0.3 is 0 Å². The van der Waals surface area contributed by atoms with Crippen molar-refractivity contribution in [2.45, 2.75) is 13.5 Å². The summed E-state index contributed by atoms with van der Waals surface area (Å²) in [6, 6.07) is 8.03. The number of aryl methyl sites for hydroxylation is 1. The maximum Gasteiger partial charge on any atom is 0.270 e. The zero-order valence-corrected chi connectivity index (χ0v) is 12.9. The summed E-state index contributed by atoms with van der Waals surface area (Å²) in [6.45, 7) is 4.80. The van der Waals surface area contributed by atoms with E-state index in [9.17, 15) is 4.39 Å². The molecule has 1 aromatic heterocycles.